The second-order valence-electron chi connectivity index (χ2n) is 31.8. The zero-order valence-corrected chi connectivity index (χ0v) is 78.0. The molecule has 14 aromatic rings. The molecule has 18 nitrogen and oxygen atoms in total. The number of pyridine rings is 1. The van der Waals surface area contributed by atoms with E-state index in [9.17, 15) is 0 Å². The molecule has 0 atom stereocenters. The highest BCUT2D eigenvalue weighted by atomic mass is 32.1. The second kappa shape index (κ2) is 50.7. The average molecular weight is 1560 g/mol. The minimum Gasteiger partial charge on any atom is -0.364 e. The smallest absolute Gasteiger partial charge is 0.233 e. The minimum atomic E-state index is 0.0814. The molecule has 0 N–H and O–H groups in total. The van der Waals surface area contributed by atoms with Gasteiger partial charge in [0, 0.05) is 105 Å². The molecule has 0 saturated carbocycles. The van der Waals surface area contributed by atoms with Crippen molar-refractivity contribution in [3.8, 4) is 0 Å². The zero-order chi connectivity index (χ0) is 86.7. The fourth-order valence-corrected chi connectivity index (χ4v) is 10.5. The van der Waals surface area contributed by atoms with Gasteiger partial charge in [0.1, 0.15) is 22.9 Å². The lowest BCUT2D eigenvalue weighted by molar-refractivity contribution is 0.315. The Bertz CT molecular complexity index is 4290. The van der Waals surface area contributed by atoms with E-state index in [1.54, 1.807) is 46.9 Å². The molecule has 19 heteroatoms. The van der Waals surface area contributed by atoms with Crippen molar-refractivity contribution in [3.05, 3.63) is 228 Å². The van der Waals surface area contributed by atoms with E-state index in [1.807, 2.05) is 218 Å². The lowest BCUT2D eigenvalue weighted by atomic mass is 9.86. The Morgan fingerprint density at radius 2 is 0.812 bits per heavy atom. The van der Waals surface area contributed by atoms with Crippen molar-refractivity contribution in [2.24, 2.45) is 0 Å². The van der Waals surface area contributed by atoms with Crippen LogP contribution in [0, 0.1) is 0 Å². The highest BCUT2D eigenvalue weighted by Gasteiger charge is 2.24. The number of imidazole rings is 4. The molecule has 0 fully saturated rings. The van der Waals surface area contributed by atoms with E-state index in [1.165, 1.54) is 33.8 Å². The Labute approximate surface area is 681 Å². The van der Waals surface area contributed by atoms with Crippen LogP contribution in [0.4, 0.5) is 0 Å². The third kappa shape index (κ3) is 33.6. The monoisotopic (exact) mass is 1560 g/mol. The van der Waals surface area contributed by atoms with Crippen LogP contribution in [-0.2, 0) is 43.3 Å². The second-order valence-corrected chi connectivity index (χ2v) is 32.7. The van der Waals surface area contributed by atoms with E-state index >= 15 is 0 Å². The van der Waals surface area contributed by atoms with Crippen LogP contribution in [0.1, 0.15) is 322 Å². The Morgan fingerprint density at radius 3 is 1.33 bits per heavy atom. The average Bonchev–Trinajstić information content (AvgIpc) is 1.68. The molecule has 0 unspecified atom stereocenters. The molecule has 112 heavy (non-hydrogen) atoms. The van der Waals surface area contributed by atoms with Gasteiger partial charge in [0.25, 0.3) is 0 Å². The molecule has 0 aliphatic carbocycles. The quantitative estimate of drug-likeness (QED) is 0.139. The molecule has 0 aliphatic heterocycles. The van der Waals surface area contributed by atoms with Crippen LogP contribution in [0.2, 0.25) is 0 Å². The molecule has 0 aliphatic rings. The maximum absolute atomic E-state index is 4.70. The first-order valence-corrected chi connectivity index (χ1v) is 41.5. The van der Waals surface area contributed by atoms with Gasteiger partial charge in [-0.2, -0.15) is 10.2 Å². The van der Waals surface area contributed by atoms with Crippen LogP contribution in [-0.4, -0.2) is 77.8 Å². The van der Waals surface area contributed by atoms with Gasteiger partial charge in [-0.15, -0.1) is 11.3 Å². The van der Waals surface area contributed by atoms with E-state index in [4.69, 9.17) is 9.15 Å². The summed E-state index contributed by atoms with van der Waals surface area (Å²) in [7, 11) is 0. The van der Waals surface area contributed by atoms with Crippen molar-refractivity contribution in [1.29, 1.82) is 0 Å². The van der Waals surface area contributed by atoms with Crippen molar-refractivity contribution in [1.82, 2.24) is 77.8 Å². The van der Waals surface area contributed by atoms with Gasteiger partial charge in [0.2, 0.25) is 5.78 Å². The van der Waals surface area contributed by atoms with Gasteiger partial charge in [0.05, 0.1) is 36.7 Å². The van der Waals surface area contributed by atoms with E-state index in [-0.39, 0.29) is 37.9 Å². The minimum absolute atomic E-state index is 0.0814. The molecule has 0 amide bonds. The topological polar surface area (TPSA) is 190 Å². The number of fused-ring (bicyclic) bond motifs is 6. The van der Waals surface area contributed by atoms with E-state index in [0.29, 0.717) is 5.41 Å². The molecule has 0 bridgehead atoms. The number of benzene rings is 2. The first-order valence-electron chi connectivity index (χ1n) is 40.6. The molecular weight excluding hydrogens is 1410 g/mol. The molecular formula is C93H150N16O2S. The third-order valence-electron chi connectivity index (χ3n) is 15.3. The largest absolute Gasteiger partial charge is 0.364 e. The van der Waals surface area contributed by atoms with Gasteiger partial charge in [0.15, 0.2) is 16.3 Å². The summed E-state index contributed by atoms with van der Waals surface area (Å²) in [5, 5.41) is 21.9. The molecule has 12 aromatic heterocycles. The number of hydrogen-bond acceptors (Lipinski definition) is 14. The Hall–Kier alpha value is -9.23. The van der Waals surface area contributed by atoms with Crippen LogP contribution in [0.3, 0.4) is 0 Å². The SMILES string of the molecule is CC.CC.CC.CC.CC.CC.CC.CC.CC(C)(C)c1cccc2nonc12.CC(C)(C)c1ccccc1.CC(C)(C)c1cnc2ccccn12.CC(C)(C)c1cnc2cccnn12.CC(C)(C)c1cnc2ncccn12.CC(C)(C)c1cnc2sccn12.CC(C)(C)c1cnn2cccnc12.CC(C)(C)c1cnoc1. The van der Waals surface area contributed by atoms with Crippen molar-refractivity contribution >= 4 is 50.1 Å². The van der Waals surface area contributed by atoms with Gasteiger partial charge in [-0.25, -0.2) is 43.6 Å². The zero-order valence-electron chi connectivity index (χ0n) is 77.2. The van der Waals surface area contributed by atoms with Crippen LogP contribution in [0.25, 0.3) is 38.7 Å². The van der Waals surface area contributed by atoms with E-state index in [2.05, 4.69) is 285 Å². The summed E-state index contributed by atoms with van der Waals surface area (Å²) in [5.41, 5.74) is 15.5. The van der Waals surface area contributed by atoms with Crippen LogP contribution in [0.5, 0.6) is 0 Å². The summed E-state index contributed by atoms with van der Waals surface area (Å²) >= 11 is 1.68. The van der Waals surface area contributed by atoms with Crippen LogP contribution in [0.15, 0.2) is 192 Å². The van der Waals surface area contributed by atoms with Crippen LogP contribution >= 0.6 is 11.3 Å². The number of thiazole rings is 1. The summed E-state index contributed by atoms with van der Waals surface area (Å²) in [4.78, 5) is 26.8. The van der Waals surface area contributed by atoms with Crippen LogP contribution < -0.4 is 0 Å². The number of rotatable bonds is 0. The molecule has 0 saturated heterocycles. The standard InChI is InChI=1S/C11H14N2.3C10H13N3.C10H12N2O.C10H14.C9H12N2S.C7H11NO.8C2H6/c1-11(2,3)9-8-12-10-6-4-5-7-13(9)10;1-10(2,3)8-7-12-9-11-5-4-6-13(8)9;1-10(2,3)8-7-12-13-6-4-5-11-9(8)13;1-10(2,3)8-7-11-9-5-4-6-12-13(8)9;1-10(2,3)7-5-4-6-8-9(7)12-13-11-8;1-10(2,3)9-7-5-4-6-8-9;1-9(2,3)7-6-10-8-11(7)4-5-12-8;1-7(2,3)6-4-8-9-5-6;8*1-2/h4-8H,1-3H3;3*4-7H,1-3H3;4-6H,1-3H3;4-8H,1-3H3;4-6H,1-3H3;4-5H,1-3H3;8*1-2H3. The highest BCUT2D eigenvalue weighted by molar-refractivity contribution is 7.15. The molecule has 12 heterocycles. The molecule has 620 valence electrons. The number of nitrogens with zero attached hydrogens (tertiary/aromatic N) is 16. The summed E-state index contributed by atoms with van der Waals surface area (Å²) in [5.74, 6) is 0.771. The van der Waals surface area contributed by atoms with Crippen molar-refractivity contribution in [2.45, 2.75) is 320 Å². The summed E-state index contributed by atoms with van der Waals surface area (Å²) in [6.45, 7) is 84.2. The van der Waals surface area contributed by atoms with Crippen molar-refractivity contribution in [3.63, 3.8) is 0 Å². The number of aromatic nitrogens is 16. The first-order chi connectivity index (χ1) is 52.7. The van der Waals surface area contributed by atoms with Gasteiger partial charge >= 0.3 is 0 Å². The lowest BCUT2D eigenvalue weighted by Crippen LogP contribution is -2.15. The van der Waals surface area contributed by atoms with Crippen molar-refractivity contribution < 1.29 is 9.15 Å². The fraction of sp³-hybridized carbons (Fsp3) is 0.516. The molecule has 2 aromatic carbocycles. The molecule has 0 radical (unpaired) electrons. The normalized spacial score (nSPS) is 10.9. The van der Waals surface area contributed by atoms with Gasteiger partial charge in [-0.05, 0) is 85.6 Å². The summed E-state index contributed by atoms with van der Waals surface area (Å²) < 4.78 is 19.4. The van der Waals surface area contributed by atoms with Crippen molar-refractivity contribution in [2.75, 3.05) is 0 Å². The highest BCUT2D eigenvalue weighted by Crippen LogP contribution is 2.30. The van der Waals surface area contributed by atoms with Gasteiger partial charge < -0.3 is 8.92 Å². The Balaban J connectivity index is 0. The predicted molar refractivity (Wildman–Crippen MR) is 482 cm³/mol. The van der Waals surface area contributed by atoms with E-state index < -0.39 is 0 Å². The van der Waals surface area contributed by atoms with Gasteiger partial charge in [-0.3, -0.25) is 8.80 Å². The summed E-state index contributed by atoms with van der Waals surface area (Å²) in [6.07, 6.45) is 26.4. The van der Waals surface area contributed by atoms with E-state index in [0.717, 1.165) is 50.0 Å². The molecule has 14 rings (SSSR count). The Morgan fingerprint density at radius 1 is 0.330 bits per heavy atom. The van der Waals surface area contributed by atoms with Gasteiger partial charge in [-0.1, -0.05) is 331 Å². The summed E-state index contributed by atoms with van der Waals surface area (Å²) in [6, 6.07) is 30.2. The first kappa shape index (κ1) is 105. The predicted octanol–water partition coefficient (Wildman–Crippen LogP) is 27.1. The molecule has 0 spiro atoms. The maximum atomic E-state index is 4.70. The lowest BCUT2D eigenvalue weighted by Gasteiger charge is -2.18. The Kier molecular flexibility index (Phi) is 47.4. The maximum Gasteiger partial charge on any atom is 0.233 e. The fourth-order valence-electron chi connectivity index (χ4n) is 9.77. The number of hydrogen-bond donors (Lipinski definition) is 0. The third-order valence-corrected chi connectivity index (χ3v) is 16.1.